The van der Waals surface area contributed by atoms with Crippen LogP contribution in [-0.4, -0.2) is 31.3 Å². The third kappa shape index (κ3) is 2.12. The number of aryl methyl sites for hydroxylation is 2. The van der Waals surface area contributed by atoms with Crippen molar-refractivity contribution in [1.29, 1.82) is 0 Å². The second-order valence-electron chi connectivity index (χ2n) is 4.09. The summed E-state index contributed by atoms with van der Waals surface area (Å²) in [6.45, 7) is 9.92. The van der Waals surface area contributed by atoms with E-state index in [9.17, 15) is 0 Å². The molecule has 1 saturated heterocycles. The van der Waals surface area contributed by atoms with Crippen LogP contribution in [0, 0.1) is 20.8 Å². The summed E-state index contributed by atoms with van der Waals surface area (Å²) in [5.41, 5.74) is 4.85. The number of hydrogen-bond acceptors (Lipinski definition) is 3. The molecule has 0 unspecified atom stereocenters. The zero-order chi connectivity index (χ0) is 10.8. The van der Waals surface area contributed by atoms with Crippen molar-refractivity contribution < 1.29 is 4.74 Å². The summed E-state index contributed by atoms with van der Waals surface area (Å²) in [4.78, 5) is 6.86. The van der Waals surface area contributed by atoms with Crippen LogP contribution in [0.2, 0.25) is 0 Å². The molecular formula is C12H18N2O. The highest BCUT2D eigenvalue weighted by Gasteiger charge is 2.14. The van der Waals surface area contributed by atoms with Gasteiger partial charge in [0.2, 0.25) is 0 Å². The average molecular weight is 206 g/mol. The zero-order valence-electron chi connectivity index (χ0n) is 9.71. The normalized spacial score (nSPS) is 16.9. The molecule has 0 saturated carbocycles. The van der Waals surface area contributed by atoms with E-state index in [0.717, 1.165) is 37.7 Å². The smallest absolute Gasteiger partial charge is 0.0642 e. The van der Waals surface area contributed by atoms with Crippen LogP contribution in [0.15, 0.2) is 6.07 Å². The van der Waals surface area contributed by atoms with Crippen molar-refractivity contribution in [2.75, 3.05) is 31.2 Å². The van der Waals surface area contributed by atoms with Gasteiger partial charge in [-0.2, -0.15) is 0 Å². The van der Waals surface area contributed by atoms with Crippen LogP contribution < -0.4 is 4.90 Å². The van der Waals surface area contributed by atoms with Crippen molar-refractivity contribution >= 4 is 5.69 Å². The Labute approximate surface area is 91.1 Å². The minimum absolute atomic E-state index is 0.833. The number of anilines is 1. The molecule has 0 spiro atoms. The van der Waals surface area contributed by atoms with Gasteiger partial charge in [0.1, 0.15) is 0 Å². The highest BCUT2D eigenvalue weighted by atomic mass is 16.5. The minimum atomic E-state index is 0.833. The molecule has 1 fully saturated rings. The predicted molar refractivity (Wildman–Crippen MR) is 61.5 cm³/mol. The lowest BCUT2D eigenvalue weighted by molar-refractivity contribution is 0.122. The SMILES string of the molecule is Cc1cc(N2CCOCC2)c(C)c(C)n1. The van der Waals surface area contributed by atoms with Gasteiger partial charge in [0.25, 0.3) is 0 Å². The van der Waals surface area contributed by atoms with Gasteiger partial charge < -0.3 is 9.64 Å². The number of morpholine rings is 1. The maximum Gasteiger partial charge on any atom is 0.0642 e. The Morgan fingerprint density at radius 2 is 1.87 bits per heavy atom. The standard InChI is InChI=1S/C12H18N2O/c1-9-8-12(10(2)11(3)13-9)14-4-6-15-7-5-14/h8H,4-7H2,1-3H3. The highest BCUT2D eigenvalue weighted by Crippen LogP contribution is 2.23. The fourth-order valence-corrected chi connectivity index (χ4v) is 2.00. The Hall–Kier alpha value is -1.09. The fraction of sp³-hybridized carbons (Fsp3) is 0.583. The van der Waals surface area contributed by atoms with Crippen molar-refractivity contribution in [3.63, 3.8) is 0 Å². The molecule has 1 aromatic rings. The van der Waals surface area contributed by atoms with Gasteiger partial charge in [-0.15, -0.1) is 0 Å². The highest BCUT2D eigenvalue weighted by molar-refractivity contribution is 5.55. The third-order valence-corrected chi connectivity index (χ3v) is 2.97. The van der Waals surface area contributed by atoms with Crippen LogP contribution in [0.1, 0.15) is 17.0 Å². The second-order valence-corrected chi connectivity index (χ2v) is 4.09. The zero-order valence-corrected chi connectivity index (χ0v) is 9.71. The van der Waals surface area contributed by atoms with Gasteiger partial charge in [-0.05, 0) is 32.4 Å². The van der Waals surface area contributed by atoms with E-state index in [0.29, 0.717) is 0 Å². The summed E-state index contributed by atoms with van der Waals surface area (Å²) >= 11 is 0. The molecule has 0 aromatic carbocycles. The minimum Gasteiger partial charge on any atom is -0.378 e. The first-order valence-corrected chi connectivity index (χ1v) is 5.46. The van der Waals surface area contributed by atoms with Crippen LogP contribution >= 0.6 is 0 Å². The molecule has 0 bridgehead atoms. The van der Waals surface area contributed by atoms with E-state index in [1.807, 2.05) is 0 Å². The Morgan fingerprint density at radius 3 is 2.53 bits per heavy atom. The summed E-state index contributed by atoms with van der Waals surface area (Å²) in [7, 11) is 0. The molecule has 0 N–H and O–H groups in total. The Bertz CT molecular complexity index is 357. The lowest BCUT2D eigenvalue weighted by atomic mass is 10.1. The molecule has 0 amide bonds. The molecule has 15 heavy (non-hydrogen) atoms. The van der Waals surface area contributed by atoms with E-state index in [1.165, 1.54) is 11.3 Å². The number of rotatable bonds is 1. The molecule has 0 atom stereocenters. The Balaban J connectivity index is 2.33. The number of nitrogens with zero attached hydrogens (tertiary/aromatic N) is 2. The second kappa shape index (κ2) is 4.19. The number of hydrogen-bond donors (Lipinski definition) is 0. The summed E-state index contributed by atoms with van der Waals surface area (Å²) in [6, 6.07) is 2.17. The average Bonchev–Trinajstić information content (AvgIpc) is 2.24. The van der Waals surface area contributed by atoms with Crippen molar-refractivity contribution in [3.8, 4) is 0 Å². The van der Waals surface area contributed by atoms with Gasteiger partial charge in [-0.1, -0.05) is 0 Å². The predicted octanol–water partition coefficient (Wildman–Crippen LogP) is 1.84. The summed E-state index contributed by atoms with van der Waals surface area (Å²) < 4.78 is 5.36. The van der Waals surface area contributed by atoms with E-state index in [2.05, 4.69) is 36.7 Å². The Kier molecular flexibility index (Phi) is 2.91. The van der Waals surface area contributed by atoms with Crippen molar-refractivity contribution in [2.45, 2.75) is 20.8 Å². The van der Waals surface area contributed by atoms with E-state index >= 15 is 0 Å². The van der Waals surface area contributed by atoms with Gasteiger partial charge in [0.15, 0.2) is 0 Å². The molecule has 0 radical (unpaired) electrons. The maximum atomic E-state index is 5.36. The van der Waals surface area contributed by atoms with Gasteiger partial charge >= 0.3 is 0 Å². The first-order valence-electron chi connectivity index (χ1n) is 5.46. The molecule has 1 aromatic heterocycles. The molecule has 3 heteroatoms. The summed E-state index contributed by atoms with van der Waals surface area (Å²) in [5.74, 6) is 0. The summed E-state index contributed by atoms with van der Waals surface area (Å²) in [5, 5.41) is 0. The molecule has 1 aliphatic heterocycles. The van der Waals surface area contributed by atoms with Crippen LogP contribution in [0.3, 0.4) is 0 Å². The maximum absolute atomic E-state index is 5.36. The monoisotopic (exact) mass is 206 g/mol. The van der Waals surface area contributed by atoms with E-state index in [4.69, 9.17) is 4.74 Å². The topological polar surface area (TPSA) is 25.4 Å². The first-order chi connectivity index (χ1) is 7.18. The first kappa shape index (κ1) is 10.4. The van der Waals surface area contributed by atoms with E-state index in [-0.39, 0.29) is 0 Å². The van der Waals surface area contributed by atoms with E-state index in [1.54, 1.807) is 0 Å². The molecule has 2 rings (SSSR count). The van der Waals surface area contributed by atoms with Crippen molar-refractivity contribution in [1.82, 2.24) is 4.98 Å². The van der Waals surface area contributed by atoms with Crippen molar-refractivity contribution in [2.24, 2.45) is 0 Å². The largest absolute Gasteiger partial charge is 0.378 e. The van der Waals surface area contributed by atoms with Crippen LogP contribution in [0.5, 0.6) is 0 Å². The molecular weight excluding hydrogens is 188 g/mol. The number of aromatic nitrogens is 1. The van der Waals surface area contributed by atoms with Gasteiger partial charge in [-0.3, -0.25) is 4.98 Å². The molecule has 2 heterocycles. The van der Waals surface area contributed by atoms with Gasteiger partial charge in [0, 0.05) is 30.2 Å². The summed E-state index contributed by atoms with van der Waals surface area (Å²) in [6.07, 6.45) is 0. The lowest BCUT2D eigenvalue weighted by Crippen LogP contribution is -2.36. The molecule has 1 aliphatic rings. The van der Waals surface area contributed by atoms with Gasteiger partial charge in [0.05, 0.1) is 13.2 Å². The molecule has 0 aliphatic carbocycles. The number of pyridine rings is 1. The van der Waals surface area contributed by atoms with Gasteiger partial charge in [-0.25, -0.2) is 0 Å². The van der Waals surface area contributed by atoms with Crippen LogP contribution in [0.4, 0.5) is 5.69 Å². The number of ether oxygens (including phenoxy) is 1. The van der Waals surface area contributed by atoms with Crippen LogP contribution in [0.25, 0.3) is 0 Å². The Morgan fingerprint density at radius 1 is 1.20 bits per heavy atom. The molecule has 82 valence electrons. The third-order valence-electron chi connectivity index (χ3n) is 2.97. The fourth-order valence-electron chi connectivity index (χ4n) is 2.00. The quantitative estimate of drug-likeness (QED) is 0.701. The lowest BCUT2D eigenvalue weighted by Gasteiger charge is -2.30. The van der Waals surface area contributed by atoms with E-state index < -0.39 is 0 Å². The van der Waals surface area contributed by atoms with Crippen molar-refractivity contribution in [3.05, 3.63) is 23.0 Å². The molecule has 3 nitrogen and oxygen atoms in total. The van der Waals surface area contributed by atoms with Crippen LogP contribution in [-0.2, 0) is 4.74 Å².